The van der Waals surface area contributed by atoms with Crippen LogP contribution in [0, 0.1) is 6.92 Å². The summed E-state index contributed by atoms with van der Waals surface area (Å²) in [4.78, 5) is 0. The average Bonchev–Trinajstić information content (AvgIpc) is 2.46. The van der Waals surface area contributed by atoms with Crippen molar-refractivity contribution in [2.45, 2.75) is 33.3 Å². The summed E-state index contributed by atoms with van der Waals surface area (Å²) in [5, 5.41) is 3.23. The van der Waals surface area contributed by atoms with Gasteiger partial charge < -0.3 is 10.1 Å². The Bertz CT molecular complexity index is 575. The summed E-state index contributed by atoms with van der Waals surface area (Å²) >= 11 is 0. The molecule has 106 valence electrons. The Morgan fingerprint density at radius 3 is 2.50 bits per heavy atom. The second-order valence-corrected chi connectivity index (χ2v) is 5.38. The van der Waals surface area contributed by atoms with E-state index in [0.717, 1.165) is 11.4 Å². The number of hydrogen-bond donors (Lipinski definition) is 1. The molecule has 2 aromatic rings. The number of ether oxygens (including phenoxy) is 1. The lowest BCUT2D eigenvalue weighted by Crippen LogP contribution is -2.03. The fraction of sp³-hybridized carbons (Fsp3) is 0.333. The minimum Gasteiger partial charge on any atom is -0.489 e. The summed E-state index contributed by atoms with van der Waals surface area (Å²) in [6.45, 7) is 7.07. The van der Waals surface area contributed by atoms with Gasteiger partial charge in [-0.3, -0.25) is 0 Å². The van der Waals surface area contributed by atoms with Crippen LogP contribution in [0.4, 0.5) is 5.69 Å². The zero-order valence-electron chi connectivity index (χ0n) is 12.7. The third-order valence-corrected chi connectivity index (χ3v) is 3.54. The van der Waals surface area contributed by atoms with Gasteiger partial charge in [0.1, 0.15) is 12.4 Å². The van der Waals surface area contributed by atoms with E-state index in [4.69, 9.17) is 4.74 Å². The first-order valence-corrected chi connectivity index (χ1v) is 7.11. The second kappa shape index (κ2) is 6.47. The number of aryl methyl sites for hydroxylation is 1. The summed E-state index contributed by atoms with van der Waals surface area (Å²) < 4.78 is 5.96. The maximum atomic E-state index is 5.96. The van der Waals surface area contributed by atoms with Crippen molar-refractivity contribution in [3.8, 4) is 5.75 Å². The van der Waals surface area contributed by atoms with Gasteiger partial charge in [0.25, 0.3) is 0 Å². The van der Waals surface area contributed by atoms with E-state index in [9.17, 15) is 0 Å². The maximum absolute atomic E-state index is 5.96. The first kappa shape index (κ1) is 14.4. The second-order valence-electron chi connectivity index (χ2n) is 5.38. The van der Waals surface area contributed by atoms with Gasteiger partial charge >= 0.3 is 0 Å². The number of anilines is 1. The summed E-state index contributed by atoms with van der Waals surface area (Å²) in [6.07, 6.45) is 0. The SMILES string of the molecule is CNc1ccc(C(C)C)cc1COc1ccccc1C. The van der Waals surface area contributed by atoms with Crippen LogP contribution in [0.25, 0.3) is 0 Å². The Morgan fingerprint density at radius 1 is 1.10 bits per heavy atom. The highest BCUT2D eigenvalue weighted by Crippen LogP contribution is 2.24. The first-order valence-electron chi connectivity index (χ1n) is 7.11. The zero-order valence-corrected chi connectivity index (χ0v) is 12.7. The van der Waals surface area contributed by atoms with Crippen molar-refractivity contribution < 1.29 is 4.74 Å². The Labute approximate surface area is 121 Å². The predicted octanol–water partition coefficient (Wildman–Crippen LogP) is 4.74. The number of nitrogens with one attached hydrogen (secondary N) is 1. The molecule has 0 aliphatic rings. The van der Waals surface area contributed by atoms with Crippen LogP contribution in [0.3, 0.4) is 0 Å². The fourth-order valence-electron chi connectivity index (χ4n) is 2.21. The third-order valence-electron chi connectivity index (χ3n) is 3.54. The summed E-state index contributed by atoms with van der Waals surface area (Å²) in [5.74, 6) is 1.47. The first-order chi connectivity index (χ1) is 9.61. The van der Waals surface area contributed by atoms with E-state index in [1.54, 1.807) is 0 Å². The topological polar surface area (TPSA) is 21.3 Å². The molecular weight excluding hydrogens is 246 g/mol. The molecule has 0 aromatic heterocycles. The largest absolute Gasteiger partial charge is 0.489 e. The molecule has 0 atom stereocenters. The van der Waals surface area contributed by atoms with Crippen molar-refractivity contribution in [2.75, 3.05) is 12.4 Å². The van der Waals surface area contributed by atoms with Gasteiger partial charge in [-0.2, -0.15) is 0 Å². The molecule has 0 spiro atoms. The third kappa shape index (κ3) is 3.32. The van der Waals surface area contributed by atoms with Gasteiger partial charge in [0.15, 0.2) is 0 Å². The zero-order chi connectivity index (χ0) is 14.5. The monoisotopic (exact) mass is 269 g/mol. The van der Waals surface area contributed by atoms with E-state index in [-0.39, 0.29) is 0 Å². The molecule has 2 aromatic carbocycles. The van der Waals surface area contributed by atoms with Crippen molar-refractivity contribution in [2.24, 2.45) is 0 Å². The molecule has 1 N–H and O–H groups in total. The molecule has 0 heterocycles. The van der Waals surface area contributed by atoms with Crippen molar-refractivity contribution in [3.05, 3.63) is 59.2 Å². The lowest BCUT2D eigenvalue weighted by atomic mass is 10.00. The van der Waals surface area contributed by atoms with E-state index in [2.05, 4.69) is 50.4 Å². The summed E-state index contributed by atoms with van der Waals surface area (Å²) in [7, 11) is 1.95. The standard InChI is InChI=1S/C18H23NO/c1-13(2)15-9-10-17(19-4)16(11-15)12-20-18-8-6-5-7-14(18)3/h5-11,13,19H,12H2,1-4H3. The van der Waals surface area contributed by atoms with Crippen LogP contribution >= 0.6 is 0 Å². The predicted molar refractivity (Wildman–Crippen MR) is 85.6 cm³/mol. The Hall–Kier alpha value is -1.96. The smallest absolute Gasteiger partial charge is 0.122 e. The van der Waals surface area contributed by atoms with E-state index in [1.807, 2.05) is 25.2 Å². The Kier molecular flexibility index (Phi) is 4.67. The molecule has 0 bridgehead atoms. The van der Waals surface area contributed by atoms with Crippen LogP contribution < -0.4 is 10.1 Å². The lowest BCUT2D eigenvalue weighted by molar-refractivity contribution is 0.304. The van der Waals surface area contributed by atoms with Crippen molar-refractivity contribution in [1.82, 2.24) is 0 Å². The fourth-order valence-corrected chi connectivity index (χ4v) is 2.21. The Morgan fingerprint density at radius 2 is 1.85 bits per heavy atom. The number of hydrogen-bond acceptors (Lipinski definition) is 2. The molecule has 0 aliphatic heterocycles. The highest BCUT2D eigenvalue weighted by Gasteiger charge is 2.07. The van der Waals surface area contributed by atoms with Crippen LogP contribution in [0.1, 0.15) is 36.5 Å². The molecule has 2 heteroatoms. The van der Waals surface area contributed by atoms with E-state index < -0.39 is 0 Å². The average molecular weight is 269 g/mol. The quantitative estimate of drug-likeness (QED) is 0.846. The summed E-state index contributed by atoms with van der Waals surface area (Å²) in [6, 6.07) is 14.7. The van der Waals surface area contributed by atoms with Crippen LogP contribution in [0.5, 0.6) is 5.75 Å². The van der Waals surface area contributed by atoms with Crippen molar-refractivity contribution >= 4 is 5.69 Å². The van der Waals surface area contributed by atoms with Gasteiger partial charge in [-0.05, 0) is 36.1 Å². The molecule has 0 saturated carbocycles. The molecule has 20 heavy (non-hydrogen) atoms. The number of para-hydroxylation sites is 1. The van der Waals surface area contributed by atoms with E-state index in [0.29, 0.717) is 12.5 Å². The van der Waals surface area contributed by atoms with Crippen LogP contribution in [0.15, 0.2) is 42.5 Å². The lowest BCUT2D eigenvalue weighted by Gasteiger charge is -2.15. The van der Waals surface area contributed by atoms with Gasteiger partial charge in [0.05, 0.1) is 0 Å². The van der Waals surface area contributed by atoms with Crippen LogP contribution in [-0.2, 0) is 6.61 Å². The molecule has 0 unspecified atom stereocenters. The van der Waals surface area contributed by atoms with Gasteiger partial charge in [-0.15, -0.1) is 0 Å². The molecule has 0 saturated heterocycles. The van der Waals surface area contributed by atoms with Crippen molar-refractivity contribution in [3.63, 3.8) is 0 Å². The molecule has 2 nitrogen and oxygen atoms in total. The molecule has 0 fully saturated rings. The number of benzene rings is 2. The van der Waals surface area contributed by atoms with Crippen molar-refractivity contribution in [1.29, 1.82) is 0 Å². The normalized spacial score (nSPS) is 10.7. The molecule has 0 aliphatic carbocycles. The van der Waals surface area contributed by atoms with Gasteiger partial charge in [-0.1, -0.05) is 44.2 Å². The van der Waals surface area contributed by atoms with Gasteiger partial charge in [-0.25, -0.2) is 0 Å². The number of rotatable bonds is 5. The van der Waals surface area contributed by atoms with Crippen LogP contribution in [0.2, 0.25) is 0 Å². The highest BCUT2D eigenvalue weighted by atomic mass is 16.5. The Balaban J connectivity index is 2.19. The molecule has 2 rings (SSSR count). The molecular formula is C18H23NO. The van der Waals surface area contributed by atoms with Gasteiger partial charge in [0, 0.05) is 18.3 Å². The van der Waals surface area contributed by atoms with Crippen LogP contribution in [-0.4, -0.2) is 7.05 Å². The molecule has 0 amide bonds. The molecule has 0 radical (unpaired) electrons. The van der Waals surface area contributed by atoms with E-state index >= 15 is 0 Å². The minimum atomic E-state index is 0.526. The van der Waals surface area contributed by atoms with Gasteiger partial charge in [0.2, 0.25) is 0 Å². The maximum Gasteiger partial charge on any atom is 0.122 e. The summed E-state index contributed by atoms with van der Waals surface area (Å²) in [5.41, 5.74) is 4.83. The van der Waals surface area contributed by atoms with E-state index in [1.165, 1.54) is 16.7 Å². The highest BCUT2D eigenvalue weighted by molar-refractivity contribution is 5.52. The minimum absolute atomic E-state index is 0.526.